The first-order chi connectivity index (χ1) is 15.6. The van der Waals surface area contributed by atoms with Crippen molar-refractivity contribution in [3.05, 3.63) is 48.0 Å². The van der Waals surface area contributed by atoms with Gasteiger partial charge in [0.15, 0.2) is 0 Å². The number of hydrogen-bond donors (Lipinski definition) is 0. The van der Waals surface area contributed by atoms with Crippen molar-refractivity contribution >= 4 is 23.6 Å². The molecule has 0 N–H and O–H groups in total. The van der Waals surface area contributed by atoms with Gasteiger partial charge in [-0.25, -0.2) is 4.79 Å². The molecule has 32 heavy (non-hydrogen) atoms. The van der Waals surface area contributed by atoms with Crippen molar-refractivity contribution in [2.75, 3.05) is 66.0 Å². The number of ketones is 1. The van der Waals surface area contributed by atoms with Crippen LogP contribution in [0.15, 0.2) is 42.5 Å². The van der Waals surface area contributed by atoms with Gasteiger partial charge in [0, 0.05) is 17.7 Å². The Morgan fingerprint density at radius 2 is 1.12 bits per heavy atom. The molecule has 0 atom stereocenters. The van der Waals surface area contributed by atoms with E-state index >= 15 is 0 Å². The lowest BCUT2D eigenvalue weighted by atomic mass is 10.1. The molecule has 0 saturated heterocycles. The fourth-order valence-corrected chi connectivity index (χ4v) is 2.54. The Labute approximate surface area is 186 Å². The predicted octanol–water partition coefficient (Wildman–Crippen LogP) is 0.404. The summed E-state index contributed by atoms with van der Waals surface area (Å²) >= 11 is 0. The summed E-state index contributed by atoms with van der Waals surface area (Å²) in [5.41, 5.74) is 0.285. The molecule has 0 spiro atoms. The molecule has 2 amide bonds. The zero-order valence-electron chi connectivity index (χ0n) is 17.7. The molecule has 10 heteroatoms. The summed E-state index contributed by atoms with van der Waals surface area (Å²) in [5.74, 6) is -2.24. The molecule has 0 saturated carbocycles. The first-order valence-electron chi connectivity index (χ1n) is 10.2. The Bertz CT molecular complexity index is 761. The second-order valence-electron chi connectivity index (χ2n) is 6.44. The van der Waals surface area contributed by atoms with Crippen LogP contribution < -0.4 is 0 Å². The van der Waals surface area contributed by atoms with Gasteiger partial charge in [0.25, 0.3) is 17.6 Å². The summed E-state index contributed by atoms with van der Waals surface area (Å²) in [5, 5.41) is 0. The van der Waals surface area contributed by atoms with E-state index in [2.05, 4.69) is 0 Å². The SMILES string of the molecule is O=C(OCCOCCOCCOCCOCCN1C(=O)C=CC1=O)C(=O)c1ccccc1. The Kier molecular flexibility index (Phi) is 11.9. The minimum atomic E-state index is -0.910. The number of rotatable bonds is 17. The highest BCUT2D eigenvalue weighted by Gasteiger charge is 2.22. The molecular formula is C22H27NO9. The molecule has 1 aliphatic rings. The Morgan fingerprint density at radius 1 is 0.656 bits per heavy atom. The zero-order valence-corrected chi connectivity index (χ0v) is 17.7. The van der Waals surface area contributed by atoms with E-state index in [1.54, 1.807) is 30.3 Å². The van der Waals surface area contributed by atoms with Crippen molar-refractivity contribution < 1.29 is 42.9 Å². The molecule has 0 bridgehead atoms. The lowest BCUT2D eigenvalue weighted by Gasteiger charge is -2.13. The third-order valence-electron chi connectivity index (χ3n) is 4.16. The number of ether oxygens (including phenoxy) is 5. The van der Waals surface area contributed by atoms with Gasteiger partial charge in [-0.05, 0) is 0 Å². The number of carbonyl (C=O) groups is 4. The van der Waals surface area contributed by atoms with Crippen LogP contribution >= 0.6 is 0 Å². The maximum Gasteiger partial charge on any atom is 0.379 e. The largest absolute Gasteiger partial charge is 0.457 e. The standard InChI is InChI=1S/C22H27NO9/c24-19-6-7-20(25)23(19)8-9-28-10-11-29-12-13-30-14-15-31-16-17-32-22(27)21(26)18-4-2-1-3-5-18/h1-7H,8-17H2. The molecule has 1 heterocycles. The third kappa shape index (κ3) is 9.48. The van der Waals surface area contributed by atoms with E-state index in [0.29, 0.717) is 39.6 Å². The molecule has 1 aromatic carbocycles. The van der Waals surface area contributed by atoms with Crippen LogP contribution in [-0.4, -0.2) is 94.5 Å². The highest BCUT2D eigenvalue weighted by Crippen LogP contribution is 2.03. The van der Waals surface area contributed by atoms with Crippen molar-refractivity contribution in [3.63, 3.8) is 0 Å². The second kappa shape index (κ2) is 15.0. The van der Waals surface area contributed by atoms with E-state index in [1.807, 2.05) is 0 Å². The highest BCUT2D eigenvalue weighted by molar-refractivity contribution is 6.40. The van der Waals surface area contributed by atoms with Gasteiger partial charge in [0.1, 0.15) is 6.61 Å². The number of amides is 2. The molecule has 0 radical (unpaired) electrons. The lowest BCUT2D eigenvalue weighted by Crippen LogP contribution is -2.33. The zero-order chi connectivity index (χ0) is 23.0. The fourth-order valence-electron chi connectivity index (χ4n) is 2.54. The van der Waals surface area contributed by atoms with Crippen molar-refractivity contribution in [2.45, 2.75) is 0 Å². The molecule has 0 unspecified atom stereocenters. The van der Waals surface area contributed by atoms with Gasteiger partial charge in [-0.2, -0.15) is 0 Å². The smallest absolute Gasteiger partial charge is 0.379 e. The van der Waals surface area contributed by atoms with Crippen molar-refractivity contribution in [1.82, 2.24) is 4.90 Å². The number of imide groups is 1. The van der Waals surface area contributed by atoms with E-state index in [4.69, 9.17) is 23.7 Å². The molecule has 0 aromatic heterocycles. The number of nitrogens with zero attached hydrogens (tertiary/aromatic N) is 1. The minimum Gasteiger partial charge on any atom is -0.457 e. The highest BCUT2D eigenvalue weighted by atomic mass is 16.6. The number of Topliss-reactive ketones (excluding diaryl/α,β-unsaturated/α-hetero) is 1. The monoisotopic (exact) mass is 449 g/mol. The van der Waals surface area contributed by atoms with E-state index in [-0.39, 0.29) is 43.7 Å². The molecular weight excluding hydrogens is 422 g/mol. The second-order valence-corrected chi connectivity index (χ2v) is 6.44. The maximum atomic E-state index is 11.8. The number of benzene rings is 1. The van der Waals surface area contributed by atoms with Crippen LogP contribution in [0.2, 0.25) is 0 Å². The maximum absolute atomic E-state index is 11.8. The Balaban J connectivity index is 1.32. The van der Waals surface area contributed by atoms with Crippen LogP contribution in [-0.2, 0) is 38.1 Å². The summed E-state index contributed by atoms with van der Waals surface area (Å²) in [7, 11) is 0. The fraction of sp³-hybridized carbons (Fsp3) is 0.455. The van der Waals surface area contributed by atoms with E-state index in [1.165, 1.54) is 12.2 Å². The Morgan fingerprint density at radius 3 is 1.66 bits per heavy atom. The normalized spacial score (nSPS) is 13.1. The van der Waals surface area contributed by atoms with Gasteiger partial charge in [-0.3, -0.25) is 19.3 Å². The number of esters is 1. The van der Waals surface area contributed by atoms with E-state index in [0.717, 1.165) is 4.90 Å². The molecule has 1 aromatic rings. The van der Waals surface area contributed by atoms with Gasteiger partial charge in [0.05, 0.1) is 59.4 Å². The molecule has 10 nitrogen and oxygen atoms in total. The molecule has 1 aliphatic heterocycles. The van der Waals surface area contributed by atoms with Crippen LogP contribution in [0, 0.1) is 0 Å². The summed E-state index contributed by atoms with van der Waals surface area (Å²) < 4.78 is 26.1. The van der Waals surface area contributed by atoms with Gasteiger partial charge in [-0.15, -0.1) is 0 Å². The minimum absolute atomic E-state index is 0.0168. The summed E-state index contributed by atoms with van der Waals surface area (Å²) in [6, 6.07) is 8.20. The Hall–Kier alpha value is -2.92. The quantitative estimate of drug-likeness (QED) is 0.109. The third-order valence-corrected chi connectivity index (χ3v) is 4.16. The molecule has 2 rings (SSSR count). The average molecular weight is 449 g/mol. The van der Waals surface area contributed by atoms with Crippen molar-refractivity contribution in [1.29, 1.82) is 0 Å². The molecule has 0 aliphatic carbocycles. The lowest BCUT2D eigenvalue weighted by molar-refractivity contribution is -0.140. The van der Waals surface area contributed by atoms with Crippen LogP contribution in [0.4, 0.5) is 0 Å². The molecule has 0 fully saturated rings. The summed E-state index contributed by atoms with van der Waals surface area (Å²) in [4.78, 5) is 47.2. The predicted molar refractivity (Wildman–Crippen MR) is 111 cm³/mol. The van der Waals surface area contributed by atoms with Crippen LogP contribution in [0.3, 0.4) is 0 Å². The first kappa shape index (κ1) is 25.3. The topological polar surface area (TPSA) is 118 Å². The van der Waals surface area contributed by atoms with Gasteiger partial charge in [-0.1, -0.05) is 30.3 Å². The first-order valence-corrected chi connectivity index (χ1v) is 10.2. The van der Waals surface area contributed by atoms with Crippen LogP contribution in [0.25, 0.3) is 0 Å². The number of carbonyl (C=O) groups excluding carboxylic acids is 4. The number of hydrogen-bond acceptors (Lipinski definition) is 9. The van der Waals surface area contributed by atoms with E-state index in [9.17, 15) is 19.2 Å². The van der Waals surface area contributed by atoms with Crippen LogP contribution in [0.1, 0.15) is 10.4 Å². The molecule has 174 valence electrons. The average Bonchev–Trinajstić information content (AvgIpc) is 3.13. The van der Waals surface area contributed by atoms with Gasteiger partial charge < -0.3 is 23.7 Å². The van der Waals surface area contributed by atoms with Crippen molar-refractivity contribution in [2.24, 2.45) is 0 Å². The van der Waals surface area contributed by atoms with Gasteiger partial charge >= 0.3 is 5.97 Å². The van der Waals surface area contributed by atoms with Crippen molar-refractivity contribution in [3.8, 4) is 0 Å². The van der Waals surface area contributed by atoms with E-state index < -0.39 is 11.8 Å². The summed E-state index contributed by atoms with van der Waals surface area (Å²) in [6.07, 6.45) is 2.47. The van der Waals surface area contributed by atoms with Crippen LogP contribution in [0.5, 0.6) is 0 Å². The summed E-state index contributed by atoms with van der Waals surface area (Å²) in [6.45, 7) is 2.77. The van der Waals surface area contributed by atoms with Gasteiger partial charge in [0.2, 0.25) is 0 Å².